The molecule has 0 radical (unpaired) electrons. The molecule has 0 amide bonds. The van der Waals surface area contributed by atoms with Gasteiger partial charge in [-0.25, -0.2) is 4.39 Å². The lowest BCUT2D eigenvalue weighted by atomic mass is 9.99. The van der Waals surface area contributed by atoms with Crippen molar-refractivity contribution in [1.82, 2.24) is 5.32 Å². The van der Waals surface area contributed by atoms with Crippen LogP contribution in [0.25, 0.3) is 0 Å². The molecule has 0 aliphatic rings. The van der Waals surface area contributed by atoms with Crippen molar-refractivity contribution in [2.45, 2.75) is 18.9 Å². The number of nitrogens with one attached hydrogen (secondary N) is 1. The molecule has 2 N–H and O–H groups in total. The molecule has 0 saturated heterocycles. The third-order valence-electron chi connectivity index (χ3n) is 3.28. The van der Waals surface area contributed by atoms with E-state index < -0.39 is 0 Å². The average Bonchev–Trinajstić information content (AvgIpc) is 2.41. The summed E-state index contributed by atoms with van der Waals surface area (Å²) in [4.78, 5) is 0. The van der Waals surface area contributed by atoms with Gasteiger partial charge in [-0.3, -0.25) is 0 Å². The van der Waals surface area contributed by atoms with Crippen LogP contribution in [-0.2, 0) is 12.8 Å². The first-order valence-corrected chi connectivity index (χ1v) is 6.85. The number of likely N-dealkylation sites (N-methyl/N-ethyl adjacent to an activating group) is 1. The van der Waals surface area contributed by atoms with Gasteiger partial charge in [0.05, 0.1) is 0 Å². The Labute approximate surface area is 123 Å². The van der Waals surface area contributed by atoms with E-state index in [1.54, 1.807) is 18.2 Å². The number of hydrogen-bond acceptors (Lipinski definition) is 2. The molecule has 0 aromatic heterocycles. The van der Waals surface area contributed by atoms with Crippen LogP contribution in [0.4, 0.5) is 4.39 Å². The summed E-state index contributed by atoms with van der Waals surface area (Å²) in [6, 6.07) is 11.8. The summed E-state index contributed by atoms with van der Waals surface area (Å²) in [5.74, 6) is -0.0649. The highest BCUT2D eigenvalue weighted by Gasteiger charge is 2.11. The van der Waals surface area contributed by atoms with Gasteiger partial charge in [0.15, 0.2) is 0 Å². The van der Waals surface area contributed by atoms with Gasteiger partial charge < -0.3 is 10.4 Å². The second-order valence-electron chi connectivity index (χ2n) is 4.80. The predicted molar refractivity (Wildman–Crippen MR) is 79.8 cm³/mol. The summed E-state index contributed by atoms with van der Waals surface area (Å²) in [5.41, 5.74) is 1.95. The first-order valence-electron chi connectivity index (χ1n) is 6.47. The van der Waals surface area contributed by atoms with Crippen LogP contribution in [0.5, 0.6) is 5.75 Å². The molecule has 2 aromatic rings. The van der Waals surface area contributed by atoms with Crippen molar-refractivity contribution >= 4 is 11.6 Å². The van der Waals surface area contributed by atoms with E-state index >= 15 is 0 Å². The Morgan fingerprint density at radius 2 is 2.00 bits per heavy atom. The molecule has 4 heteroatoms. The molecule has 20 heavy (non-hydrogen) atoms. The summed E-state index contributed by atoms with van der Waals surface area (Å²) in [7, 11) is 1.88. The van der Waals surface area contributed by atoms with Gasteiger partial charge in [0.2, 0.25) is 0 Å². The smallest absolute Gasteiger partial charge is 0.124 e. The van der Waals surface area contributed by atoms with Crippen LogP contribution < -0.4 is 5.32 Å². The molecule has 0 saturated carbocycles. The Morgan fingerprint density at radius 3 is 2.65 bits per heavy atom. The lowest BCUT2D eigenvalue weighted by Crippen LogP contribution is -2.30. The minimum absolute atomic E-state index is 0.166. The van der Waals surface area contributed by atoms with Crippen LogP contribution in [0.15, 0.2) is 42.5 Å². The molecule has 0 bridgehead atoms. The average molecular weight is 294 g/mol. The van der Waals surface area contributed by atoms with Crippen molar-refractivity contribution in [2.75, 3.05) is 7.05 Å². The Balaban J connectivity index is 2.09. The van der Waals surface area contributed by atoms with Crippen molar-refractivity contribution < 1.29 is 9.50 Å². The molecular weight excluding hydrogens is 277 g/mol. The zero-order valence-electron chi connectivity index (χ0n) is 11.2. The third-order valence-corrected chi connectivity index (χ3v) is 3.63. The Kier molecular flexibility index (Phi) is 4.99. The summed E-state index contributed by atoms with van der Waals surface area (Å²) in [6.45, 7) is 0. The second-order valence-corrected chi connectivity index (χ2v) is 5.21. The van der Waals surface area contributed by atoms with E-state index in [-0.39, 0.29) is 17.6 Å². The van der Waals surface area contributed by atoms with E-state index in [1.165, 1.54) is 12.1 Å². The summed E-state index contributed by atoms with van der Waals surface area (Å²) >= 11 is 6.05. The number of rotatable bonds is 5. The highest BCUT2D eigenvalue weighted by Crippen LogP contribution is 2.20. The molecule has 0 fully saturated rings. The normalized spacial score (nSPS) is 12.3. The van der Waals surface area contributed by atoms with Crippen molar-refractivity contribution in [3.8, 4) is 5.75 Å². The molecule has 2 rings (SSSR count). The van der Waals surface area contributed by atoms with Crippen LogP contribution in [0.1, 0.15) is 11.1 Å². The molecule has 106 valence electrons. The quantitative estimate of drug-likeness (QED) is 0.883. The third kappa shape index (κ3) is 3.95. The van der Waals surface area contributed by atoms with E-state index in [9.17, 15) is 9.50 Å². The number of hydrogen-bond donors (Lipinski definition) is 2. The molecule has 1 unspecified atom stereocenters. The molecular formula is C16H17ClFNO. The fourth-order valence-electron chi connectivity index (χ4n) is 2.20. The zero-order valence-corrected chi connectivity index (χ0v) is 12.0. The first-order chi connectivity index (χ1) is 9.58. The van der Waals surface area contributed by atoms with E-state index in [2.05, 4.69) is 5.32 Å². The van der Waals surface area contributed by atoms with Crippen molar-refractivity contribution in [3.05, 3.63) is 64.4 Å². The Bertz CT molecular complexity index is 588. The van der Waals surface area contributed by atoms with Gasteiger partial charge in [0, 0.05) is 11.1 Å². The summed E-state index contributed by atoms with van der Waals surface area (Å²) in [6.07, 6.45) is 1.46. The predicted octanol–water partition coefficient (Wildman–Crippen LogP) is 3.56. The standard InChI is InChI=1S/C16H17ClFNO/c1-19-14(7-11-3-2-4-15(20)8-11)9-12-5-6-13(18)10-16(12)17/h2-6,8,10,14,19-20H,7,9H2,1H3. The van der Waals surface area contributed by atoms with E-state index in [1.807, 2.05) is 19.2 Å². The maximum atomic E-state index is 13.0. The molecule has 2 nitrogen and oxygen atoms in total. The minimum Gasteiger partial charge on any atom is -0.508 e. The monoisotopic (exact) mass is 293 g/mol. The topological polar surface area (TPSA) is 32.3 Å². The number of phenols is 1. The number of aromatic hydroxyl groups is 1. The highest BCUT2D eigenvalue weighted by atomic mass is 35.5. The maximum Gasteiger partial charge on any atom is 0.124 e. The largest absolute Gasteiger partial charge is 0.508 e. The van der Waals surface area contributed by atoms with Crippen molar-refractivity contribution in [3.63, 3.8) is 0 Å². The van der Waals surface area contributed by atoms with Gasteiger partial charge in [-0.15, -0.1) is 0 Å². The van der Waals surface area contributed by atoms with Crippen molar-refractivity contribution in [1.29, 1.82) is 0 Å². The van der Waals surface area contributed by atoms with E-state index in [4.69, 9.17) is 11.6 Å². The van der Waals surface area contributed by atoms with E-state index in [0.717, 1.165) is 17.5 Å². The summed E-state index contributed by atoms with van der Waals surface area (Å²) in [5, 5.41) is 13.2. The SMILES string of the molecule is CNC(Cc1cccc(O)c1)Cc1ccc(F)cc1Cl. The minimum atomic E-state index is -0.326. The van der Waals surface area contributed by atoms with Crippen LogP contribution >= 0.6 is 11.6 Å². The number of phenolic OH excluding ortho intramolecular Hbond substituents is 1. The van der Waals surface area contributed by atoms with Gasteiger partial charge in [-0.05, 0) is 55.3 Å². The van der Waals surface area contributed by atoms with Crippen LogP contribution in [0.2, 0.25) is 5.02 Å². The molecule has 0 heterocycles. The first kappa shape index (κ1) is 14.8. The Morgan fingerprint density at radius 1 is 1.20 bits per heavy atom. The zero-order chi connectivity index (χ0) is 14.5. The van der Waals surface area contributed by atoms with Crippen LogP contribution in [0.3, 0.4) is 0 Å². The van der Waals surface area contributed by atoms with Gasteiger partial charge in [-0.2, -0.15) is 0 Å². The van der Waals surface area contributed by atoms with E-state index in [0.29, 0.717) is 11.4 Å². The number of benzene rings is 2. The highest BCUT2D eigenvalue weighted by molar-refractivity contribution is 6.31. The fraction of sp³-hybridized carbons (Fsp3) is 0.250. The maximum absolute atomic E-state index is 13.0. The van der Waals surface area contributed by atoms with Gasteiger partial charge in [0.1, 0.15) is 11.6 Å². The second kappa shape index (κ2) is 6.73. The fourth-order valence-corrected chi connectivity index (χ4v) is 2.44. The molecule has 0 spiro atoms. The number of halogens is 2. The van der Waals surface area contributed by atoms with Gasteiger partial charge >= 0.3 is 0 Å². The lowest BCUT2D eigenvalue weighted by Gasteiger charge is -2.17. The van der Waals surface area contributed by atoms with Gasteiger partial charge in [0.25, 0.3) is 0 Å². The van der Waals surface area contributed by atoms with Crippen LogP contribution in [0, 0.1) is 5.82 Å². The van der Waals surface area contributed by atoms with Crippen LogP contribution in [-0.4, -0.2) is 18.2 Å². The molecule has 0 aliphatic carbocycles. The molecule has 2 aromatic carbocycles. The lowest BCUT2D eigenvalue weighted by molar-refractivity contribution is 0.473. The van der Waals surface area contributed by atoms with Gasteiger partial charge in [-0.1, -0.05) is 29.8 Å². The summed E-state index contributed by atoms with van der Waals surface area (Å²) < 4.78 is 13.0. The molecule has 1 atom stereocenters. The molecule has 0 aliphatic heterocycles. The van der Waals surface area contributed by atoms with Crippen molar-refractivity contribution in [2.24, 2.45) is 0 Å². The Hall–Kier alpha value is -1.58.